The highest BCUT2D eigenvalue weighted by Gasteiger charge is 2.14. The maximum atomic E-state index is 12.6. The lowest BCUT2D eigenvalue weighted by atomic mass is 9.98. The number of aromatic nitrogens is 1. The molecule has 1 aromatic carbocycles. The van der Waals surface area contributed by atoms with Gasteiger partial charge in [0.1, 0.15) is 5.69 Å². The molecule has 2 N–H and O–H groups in total. The Labute approximate surface area is 138 Å². The largest absolute Gasteiger partial charge is 0.385 e. The minimum atomic E-state index is -0.179. The third-order valence-corrected chi connectivity index (χ3v) is 3.74. The van der Waals surface area contributed by atoms with Gasteiger partial charge in [-0.05, 0) is 42.5 Å². The molecule has 2 rings (SSSR count). The van der Waals surface area contributed by atoms with E-state index in [1.165, 1.54) is 0 Å². The van der Waals surface area contributed by atoms with E-state index >= 15 is 0 Å². The van der Waals surface area contributed by atoms with E-state index in [9.17, 15) is 4.79 Å². The smallest absolute Gasteiger partial charge is 0.274 e. The number of benzene rings is 1. The van der Waals surface area contributed by atoms with Crippen LogP contribution in [-0.4, -0.2) is 17.4 Å². The summed E-state index contributed by atoms with van der Waals surface area (Å²) >= 11 is 0. The first kappa shape index (κ1) is 17.0. The zero-order valence-electron chi connectivity index (χ0n) is 14.3. The molecule has 0 saturated carbocycles. The van der Waals surface area contributed by atoms with E-state index in [1.54, 1.807) is 12.3 Å². The minimum Gasteiger partial charge on any atom is -0.385 e. The molecule has 0 aliphatic carbocycles. The van der Waals surface area contributed by atoms with Gasteiger partial charge in [-0.2, -0.15) is 0 Å². The summed E-state index contributed by atoms with van der Waals surface area (Å²) in [6.07, 6.45) is 2.69. The first-order valence-corrected chi connectivity index (χ1v) is 8.13. The first-order chi connectivity index (χ1) is 11.0. The van der Waals surface area contributed by atoms with Gasteiger partial charge in [0, 0.05) is 24.1 Å². The second-order valence-electron chi connectivity index (χ2n) is 6.00. The fourth-order valence-electron chi connectivity index (χ4n) is 2.45. The Kier molecular flexibility index (Phi) is 5.74. The van der Waals surface area contributed by atoms with Crippen LogP contribution in [0.2, 0.25) is 0 Å². The van der Waals surface area contributed by atoms with E-state index in [-0.39, 0.29) is 5.91 Å². The van der Waals surface area contributed by atoms with Crippen molar-refractivity contribution in [2.24, 2.45) is 0 Å². The van der Waals surface area contributed by atoms with Crippen LogP contribution >= 0.6 is 0 Å². The molecule has 0 fully saturated rings. The summed E-state index contributed by atoms with van der Waals surface area (Å²) in [4.78, 5) is 16.8. The van der Waals surface area contributed by atoms with Crippen molar-refractivity contribution in [2.45, 2.75) is 40.0 Å². The van der Waals surface area contributed by atoms with Gasteiger partial charge in [0.15, 0.2) is 0 Å². The molecule has 0 radical (unpaired) electrons. The summed E-state index contributed by atoms with van der Waals surface area (Å²) in [5, 5.41) is 6.30. The van der Waals surface area contributed by atoms with Gasteiger partial charge in [-0.25, -0.2) is 0 Å². The van der Waals surface area contributed by atoms with Gasteiger partial charge < -0.3 is 10.6 Å². The molecule has 122 valence electrons. The number of nitrogens with zero attached hydrogens (tertiary/aromatic N) is 1. The summed E-state index contributed by atoms with van der Waals surface area (Å²) in [6.45, 7) is 9.23. The summed E-state index contributed by atoms with van der Waals surface area (Å²) in [6, 6.07) is 9.75. The lowest BCUT2D eigenvalue weighted by Gasteiger charge is -2.16. The van der Waals surface area contributed by atoms with Crippen LogP contribution in [0.25, 0.3) is 0 Å². The Bertz CT molecular complexity index is 680. The van der Waals surface area contributed by atoms with Crippen LogP contribution < -0.4 is 10.6 Å². The first-order valence-electron chi connectivity index (χ1n) is 8.13. The van der Waals surface area contributed by atoms with Crippen molar-refractivity contribution in [1.82, 2.24) is 4.98 Å². The number of rotatable bonds is 6. The zero-order valence-corrected chi connectivity index (χ0v) is 14.3. The third kappa shape index (κ3) is 4.31. The fraction of sp³-hybridized carbons (Fsp3) is 0.368. The van der Waals surface area contributed by atoms with Crippen molar-refractivity contribution in [2.75, 3.05) is 17.2 Å². The predicted octanol–water partition coefficient (Wildman–Crippen LogP) is 4.59. The van der Waals surface area contributed by atoms with Crippen LogP contribution in [-0.2, 0) is 0 Å². The molecule has 2 aromatic rings. The molecule has 0 aliphatic heterocycles. The fourth-order valence-corrected chi connectivity index (χ4v) is 2.45. The number of aryl methyl sites for hydroxylation is 1. The van der Waals surface area contributed by atoms with Crippen molar-refractivity contribution in [3.63, 3.8) is 0 Å². The normalized spacial score (nSPS) is 10.7. The third-order valence-electron chi connectivity index (χ3n) is 3.74. The van der Waals surface area contributed by atoms with Gasteiger partial charge in [-0.1, -0.05) is 39.0 Å². The lowest BCUT2D eigenvalue weighted by Crippen LogP contribution is -2.16. The van der Waals surface area contributed by atoms with Gasteiger partial charge in [0.25, 0.3) is 5.91 Å². The van der Waals surface area contributed by atoms with Crippen molar-refractivity contribution in [3.8, 4) is 0 Å². The molecule has 0 spiro atoms. The summed E-state index contributed by atoms with van der Waals surface area (Å²) in [7, 11) is 0. The molecule has 1 aromatic heterocycles. The van der Waals surface area contributed by atoms with E-state index in [0.29, 0.717) is 11.6 Å². The molecule has 0 unspecified atom stereocenters. The Morgan fingerprint density at radius 2 is 2.04 bits per heavy atom. The quantitative estimate of drug-likeness (QED) is 0.820. The molecule has 0 aliphatic rings. The molecule has 4 nitrogen and oxygen atoms in total. The standard InChI is InChI=1S/C19H25N3O/c1-5-10-20-15-9-11-21-17(12-15)19(23)22-18-14(4)7-6-8-16(18)13(2)3/h6-9,11-13H,5,10H2,1-4H3,(H,20,21)(H,22,23). The molecule has 0 bridgehead atoms. The number of pyridine rings is 1. The maximum Gasteiger partial charge on any atom is 0.274 e. The number of nitrogens with one attached hydrogen (secondary N) is 2. The number of carbonyl (C=O) groups excluding carboxylic acids is 1. The summed E-state index contributed by atoms with van der Waals surface area (Å²) in [5.41, 5.74) is 4.43. The number of hydrogen-bond acceptors (Lipinski definition) is 3. The highest BCUT2D eigenvalue weighted by molar-refractivity contribution is 6.04. The number of carbonyl (C=O) groups is 1. The van der Waals surface area contributed by atoms with Gasteiger partial charge in [-0.3, -0.25) is 9.78 Å². The van der Waals surface area contributed by atoms with Crippen LogP contribution in [0.4, 0.5) is 11.4 Å². The van der Waals surface area contributed by atoms with E-state index < -0.39 is 0 Å². The molecule has 4 heteroatoms. The molecule has 0 atom stereocenters. The summed E-state index contributed by atoms with van der Waals surface area (Å²) < 4.78 is 0. The van der Waals surface area contributed by atoms with Crippen LogP contribution in [0.5, 0.6) is 0 Å². The topological polar surface area (TPSA) is 54.0 Å². The average molecular weight is 311 g/mol. The molecule has 0 saturated heterocycles. The predicted molar refractivity (Wildman–Crippen MR) is 96.2 cm³/mol. The Morgan fingerprint density at radius 3 is 2.74 bits per heavy atom. The molecular formula is C19H25N3O. The number of para-hydroxylation sites is 1. The van der Waals surface area contributed by atoms with Crippen molar-refractivity contribution >= 4 is 17.3 Å². The average Bonchev–Trinajstić information content (AvgIpc) is 2.54. The Morgan fingerprint density at radius 1 is 1.26 bits per heavy atom. The maximum absolute atomic E-state index is 12.6. The van der Waals surface area contributed by atoms with Crippen molar-refractivity contribution in [1.29, 1.82) is 0 Å². The molecule has 1 heterocycles. The van der Waals surface area contributed by atoms with Crippen molar-refractivity contribution < 1.29 is 4.79 Å². The highest BCUT2D eigenvalue weighted by Crippen LogP contribution is 2.27. The Hall–Kier alpha value is -2.36. The van der Waals surface area contributed by atoms with E-state index in [2.05, 4.69) is 42.5 Å². The zero-order chi connectivity index (χ0) is 16.8. The van der Waals surface area contributed by atoms with Crippen LogP contribution in [0.1, 0.15) is 54.7 Å². The molecule has 23 heavy (non-hydrogen) atoms. The summed E-state index contributed by atoms with van der Waals surface area (Å²) in [5.74, 6) is 0.164. The molecule has 1 amide bonds. The van der Waals surface area contributed by atoms with E-state index in [4.69, 9.17) is 0 Å². The molecular weight excluding hydrogens is 286 g/mol. The SMILES string of the molecule is CCCNc1ccnc(C(=O)Nc2c(C)cccc2C(C)C)c1. The van der Waals surface area contributed by atoms with Gasteiger partial charge >= 0.3 is 0 Å². The van der Waals surface area contributed by atoms with E-state index in [1.807, 2.05) is 25.1 Å². The van der Waals surface area contributed by atoms with E-state index in [0.717, 1.165) is 35.5 Å². The highest BCUT2D eigenvalue weighted by atomic mass is 16.1. The minimum absolute atomic E-state index is 0.179. The lowest BCUT2D eigenvalue weighted by molar-refractivity contribution is 0.102. The van der Waals surface area contributed by atoms with Gasteiger partial charge in [0.2, 0.25) is 0 Å². The second kappa shape index (κ2) is 7.77. The van der Waals surface area contributed by atoms with Gasteiger partial charge in [0.05, 0.1) is 0 Å². The Balaban J connectivity index is 2.23. The van der Waals surface area contributed by atoms with Gasteiger partial charge in [-0.15, -0.1) is 0 Å². The van der Waals surface area contributed by atoms with Crippen LogP contribution in [0.3, 0.4) is 0 Å². The van der Waals surface area contributed by atoms with Crippen LogP contribution in [0, 0.1) is 6.92 Å². The monoisotopic (exact) mass is 311 g/mol. The number of anilines is 2. The van der Waals surface area contributed by atoms with Crippen molar-refractivity contribution in [3.05, 3.63) is 53.3 Å². The number of hydrogen-bond donors (Lipinski definition) is 2. The van der Waals surface area contributed by atoms with Crippen LogP contribution in [0.15, 0.2) is 36.5 Å². The number of amides is 1. The second-order valence-corrected chi connectivity index (χ2v) is 6.00.